The fraction of sp³-hybridized carbons (Fsp3) is 0.143. The molecule has 0 radical (unpaired) electrons. The zero-order chi connectivity index (χ0) is 14.5. The first-order chi connectivity index (χ1) is 9.54. The monoisotopic (exact) mass is 270 g/mol. The first-order valence-electron chi connectivity index (χ1n) is 6.04. The van der Waals surface area contributed by atoms with E-state index in [2.05, 4.69) is 20.8 Å². The van der Waals surface area contributed by atoms with Crippen LogP contribution in [0.4, 0.5) is 11.4 Å². The van der Waals surface area contributed by atoms with E-state index in [0.29, 0.717) is 11.4 Å². The molecule has 102 valence electrons. The van der Waals surface area contributed by atoms with Crippen molar-refractivity contribution in [1.29, 1.82) is 0 Å². The van der Waals surface area contributed by atoms with E-state index >= 15 is 0 Å². The summed E-state index contributed by atoms with van der Waals surface area (Å²) in [6.45, 7) is 3.24. The lowest BCUT2D eigenvalue weighted by molar-refractivity contribution is -0.114. The second kappa shape index (κ2) is 5.92. The molecule has 6 heteroatoms. The average molecular weight is 270 g/mol. The van der Waals surface area contributed by atoms with Crippen LogP contribution in [-0.4, -0.2) is 22.0 Å². The molecule has 0 aliphatic heterocycles. The van der Waals surface area contributed by atoms with E-state index in [0.717, 1.165) is 5.69 Å². The molecule has 0 aliphatic rings. The predicted molar refractivity (Wildman–Crippen MR) is 75.5 cm³/mol. The number of nitrogens with one attached hydrogen (secondary N) is 2. The zero-order valence-electron chi connectivity index (χ0n) is 11.2. The molecular weight excluding hydrogens is 256 g/mol. The summed E-state index contributed by atoms with van der Waals surface area (Å²) in [5, 5.41) is 13.0. The molecule has 0 saturated heterocycles. The average Bonchev–Trinajstić information content (AvgIpc) is 2.41. The lowest BCUT2D eigenvalue weighted by Gasteiger charge is -2.06. The van der Waals surface area contributed by atoms with Gasteiger partial charge in [0.25, 0.3) is 5.91 Å². The Kier molecular flexibility index (Phi) is 4.05. The summed E-state index contributed by atoms with van der Waals surface area (Å²) in [6, 6.07) is 10.1. The predicted octanol–water partition coefficient (Wildman–Crippen LogP) is 2.00. The second-order valence-corrected chi connectivity index (χ2v) is 4.27. The highest BCUT2D eigenvalue weighted by Gasteiger charge is 2.08. The molecule has 0 aliphatic carbocycles. The summed E-state index contributed by atoms with van der Waals surface area (Å²) >= 11 is 0. The van der Waals surface area contributed by atoms with Crippen molar-refractivity contribution in [1.82, 2.24) is 10.2 Å². The fourth-order valence-corrected chi connectivity index (χ4v) is 1.56. The van der Waals surface area contributed by atoms with E-state index in [4.69, 9.17) is 0 Å². The van der Waals surface area contributed by atoms with E-state index in [1.165, 1.54) is 6.92 Å². The van der Waals surface area contributed by atoms with Crippen LogP contribution in [0.5, 0.6) is 0 Å². The van der Waals surface area contributed by atoms with Gasteiger partial charge in [-0.1, -0.05) is 0 Å². The number of hydrogen-bond donors (Lipinski definition) is 2. The van der Waals surface area contributed by atoms with Gasteiger partial charge in [0, 0.05) is 18.3 Å². The van der Waals surface area contributed by atoms with E-state index < -0.39 is 0 Å². The summed E-state index contributed by atoms with van der Waals surface area (Å²) in [4.78, 5) is 22.8. The van der Waals surface area contributed by atoms with Crippen LogP contribution in [-0.2, 0) is 4.79 Å². The van der Waals surface area contributed by atoms with Crippen molar-refractivity contribution in [3.63, 3.8) is 0 Å². The van der Waals surface area contributed by atoms with Crippen molar-refractivity contribution in [3.05, 3.63) is 47.8 Å². The SMILES string of the molecule is CC(=O)Nc1ccc(NC(=O)c2ccc(C)nn2)cc1. The zero-order valence-corrected chi connectivity index (χ0v) is 11.2. The van der Waals surface area contributed by atoms with E-state index in [1.807, 2.05) is 0 Å². The maximum absolute atomic E-state index is 11.9. The largest absolute Gasteiger partial charge is 0.326 e. The minimum Gasteiger partial charge on any atom is -0.326 e. The van der Waals surface area contributed by atoms with Crippen LogP contribution in [0.25, 0.3) is 0 Å². The Labute approximate surface area is 116 Å². The Morgan fingerprint density at radius 3 is 2.00 bits per heavy atom. The van der Waals surface area contributed by atoms with Gasteiger partial charge in [0.05, 0.1) is 5.69 Å². The smallest absolute Gasteiger partial charge is 0.276 e. The number of amides is 2. The van der Waals surface area contributed by atoms with Gasteiger partial charge in [-0.15, -0.1) is 5.10 Å². The highest BCUT2D eigenvalue weighted by Crippen LogP contribution is 2.14. The Morgan fingerprint density at radius 1 is 0.900 bits per heavy atom. The van der Waals surface area contributed by atoms with Gasteiger partial charge in [0.1, 0.15) is 0 Å². The third kappa shape index (κ3) is 3.61. The number of rotatable bonds is 3. The van der Waals surface area contributed by atoms with Gasteiger partial charge in [0.2, 0.25) is 5.91 Å². The Balaban J connectivity index is 2.04. The van der Waals surface area contributed by atoms with Crippen molar-refractivity contribution < 1.29 is 9.59 Å². The topological polar surface area (TPSA) is 84.0 Å². The van der Waals surface area contributed by atoms with Gasteiger partial charge in [-0.25, -0.2) is 0 Å². The first kappa shape index (κ1) is 13.7. The number of anilines is 2. The van der Waals surface area contributed by atoms with Crippen molar-refractivity contribution >= 4 is 23.2 Å². The maximum atomic E-state index is 11.9. The molecule has 0 saturated carbocycles. The summed E-state index contributed by atoms with van der Waals surface area (Å²) in [6.07, 6.45) is 0. The Morgan fingerprint density at radius 2 is 1.50 bits per heavy atom. The number of hydrogen-bond acceptors (Lipinski definition) is 4. The third-order valence-corrected chi connectivity index (χ3v) is 2.49. The molecule has 2 amide bonds. The van der Waals surface area contributed by atoms with Crippen LogP contribution in [0.2, 0.25) is 0 Å². The fourth-order valence-electron chi connectivity index (χ4n) is 1.56. The van der Waals surface area contributed by atoms with Crippen molar-refractivity contribution in [2.45, 2.75) is 13.8 Å². The highest BCUT2D eigenvalue weighted by molar-refractivity contribution is 6.02. The number of benzene rings is 1. The molecule has 2 N–H and O–H groups in total. The number of aromatic nitrogens is 2. The summed E-state index contributed by atoms with van der Waals surface area (Å²) in [5.74, 6) is -0.471. The molecule has 0 spiro atoms. The standard InChI is InChI=1S/C14H14N4O2/c1-9-3-8-13(18-17-9)14(20)16-12-6-4-11(5-7-12)15-10(2)19/h3-8H,1-2H3,(H,15,19)(H,16,20). The van der Waals surface area contributed by atoms with Crippen LogP contribution in [0, 0.1) is 6.92 Å². The molecule has 0 bridgehead atoms. The molecule has 20 heavy (non-hydrogen) atoms. The number of aryl methyl sites for hydroxylation is 1. The second-order valence-electron chi connectivity index (χ2n) is 4.27. The summed E-state index contributed by atoms with van der Waals surface area (Å²) in [7, 11) is 0. The van der Waals surface area contributed by atoms with E-state index in [9.17, 15) is 9.59 Å². The van der Waals surface area contributed by atoms with Crippen LogP contribution in [0.15, 0.2) is 36.4 Å². The summed E-state index contributed by atoms with van der Waals surface area (Å²) in [5.41, 5.74) is 2.29. The molecule has 1 heterocycles. The normalized spacial score (nSPS) is 9.90. The Hall–Kier alpha value is -2.76. The molecule has 6 nitrogen and oxygen atoms in total. The molecular formula is C14H14N4O2. The Bertz CT molecular complexity index is 621. The lowest BCUT2D eigenvalue weighted by Crippen LogP contribution is -2.14. The van der Waals surface area contributed by atoms with E-state index in [-0.39, 0.29) is 17.5 Å². The van der Waals surface area contributed by atoms with Gasteiger partial charge >= 0.3 is 0 Å². The number of carbonyl (C=O) groups excluding carboxylic acids is 2. The van der Waals surface area contributed by atoms with Crippen LogP contribution in [0.1, 0.15) is 23.1 Å². The van der Waals surface area contributed by atoms with Gasteiger partial charge < -0.3 is 10.6 Å². The van der Waals surface area contributed by atoms with Gasteiger partial charge in [-0.2, -0.15) is 5.10 Å². The van der Waals surface area contributed by atoms with Gasteiger partial charge in [0.15, 0.2) is 5.69 Å². The van der Waals surface area contributed by atoms with Crippen LogP contribution < -0.4 is 10.6 Å². The molecule has 1 aromatic carbocycles. The van der Waals surface area contributed by atoms with Crippen molar-refractivity contribution in [2.75, 3.05) is 10.6 Å². The molecule has 1 aromatic heterocycles. The highest BCUT2D eigenvalue weighted by atomic mass is 16.2. The minimum absolute atomic E-state index is 0.142. The third-order valence-electron chi connectivity index (χ3n) is 2.49. The van der Waals surface area contributed by atoms with Crippen LogP contribution in [0.3, 0.4) is 0 Å². The summed E-state index contributed by atoms with van der Waals surface area (Å²) < 4.78 is 0. The van der Waals surface area contributed by atoms with Crippen molar-refractivity contribution in [3.8, 4) is 0 Å². The molecule has 0 unspecified atom stereocenters. The molecule has 2 rings (SSSR count). The lowest BCUT2D eigenvalue weighted by atomic mass is 10.2. The molecule has 2 aromatic rings. The number of nitrogens with zero attached hydrogens (tertiary/aromatic N) is 2. The van der Waals surface area contributed by atoms with Crippen LogP contribution >= 0.6 is 0 Å². The number of carbonyl (C=O) groups is 2. The quantitative estimate of drug-likeness (QED) is 0.893. The van der Waals surface area contributed by atoms with Gasteiger partial charge in [-0.3, -0.25) is 9.59 Å². The first-order valence-corrected chi connectivity index (χ1v) is 6.04. The van der Waals surface area contributed by atoms with E-state index in [1.54, 1.807) is 43.3 Å². The molecule has 0 fully saturated rings. The maximum Gasteiger partial charge on any atom is 0.276 e. The minimum atomic E-state index is -0.329. The van der Waals surface area contributed by atoms with Gasteiger partial charge in [-0.05, 0) is 43.3 Å². The molecule has 0 atom stereocenters. The van der Waals surface area contributed by atoms with Crippen molar-refractivity contribution in [2.24, 2.45) is 0 Å².